The number of carbonyl (C=O) groups is 1. The second-order valence-corrected chi connectivity index (χ2v) is 4.62. The van der Waals surface area contributed by atoms with Gasteiger partial charge in [-0.1, -0.05) is 60.7 Å². The first-order valence-corrected chi connectivity index (χ1v) is 6.56. The van der Waals surface area contributed by atoms with Crippen LogP contribution in [0.3, 0.4) is 0 Å². The van der Waals surface area contributed by atoms with Crippen LogP contribution in [-0.4, -0.2) is 16.1 Å². The van der Waals surface area contributed by atoms with Crippen molar-refractivity contribution in [1.29, 1.82) is 0 Å². The molecule has 0 amide bonds. The molecule has 2 aromatic carbocycles. The van der Waals surface area contributed by atoms with Gasteiger partial charge in [-0.2, -0.15) is 0 Å². The van der Waals surface area contributed by atoms with Gasteiger partial charge >= 0.3 is 5.97 Å². The van der Waals surface area contributed by atoms with E-state index in [1.807, 2.05) is 48.5 Å². The lowest BCUT2D eigenvalue weighted by Gasteiger charge is -1.97. The Morgan fingerprint density at radius 1 is 1.00 bits per heavy atom. The summed E-state index contributed by atoms with van der Waals surface area (Å²) in [6.07, 6.45) is 0.466. The van der Waals surface area contributed by atoms with Crippen LogP contribution in [0.25, 0.3) is 11.3 Å². The average molecular weight is 279 g/mol. The van der Waals surface area contributed by atoms with Crippen LogP contribution in [-0.2, 0) is 6.42 Å². The number of aromatic nitrogens is 1. The van der Waals surface area contributed by atoms with Crippen molar-refractivity contribution < 1.29 is 14.3 Å². The lowest BCUT2D eigenvalue weighted by molar-refractivity contribution is 0.0691. The molecule has 0 saturated heterocycles. The monoisotopic (exact) mass is 279 g/mol. The maximum atomic E-state index is 11.3. The van der Waals surface area contributed by atoms with E-state index in [1.165, 1.54) is 0 Å². The largest absolute Gasteiger partial charge is 0.476 e. The molecular formula is C17H13NO3. The van der Waals surface area contributed by atoms with Gasteiger partial charge in [0.1, 0.15) is 0 Å². The zero-order valence-corrected chi connectivity index (χ0v) is 11.2. The fraction of sp³-hybridized carbons (Fsp3) is 0.0588. The van der Waals surface area contributed by atoms with E-state index in [2.05, 4.69) is 4.98 Å². The maximum Gasteiger partial charge on any atom is 0.358 e. The fourth-order valence-electron chi connectivity index (χ4n) is 2.14. The molecule has 0 aliphatic heterocycles. The number of aromatic carboxylic acids is 1. The van der Waals surface area contributed by atoms with Crippen LogP contribution in [0.2, 0.25) is 0 Å². The summed E-state index contributed by atoms with van der Waals surface area (Å²) in [5.41, 5.74) is 1.68. The first-order valence-electron chi connectivity index (χ1n) is 6.56. The van der Waals surface area contributed by atoms with Crippen LogP contribution in [0.4, 0.5) is 0 Å². The maximum absolute atomic E-state index is 11.3. The molecule has 1 N–H and O–H groups in total. The summed E-state index contributed by atoms with van der Waals surface area (Å²) in [5.74, 6) is -0.386. The lowest BCUT2D eigenvalue weighted by atomic mass is 10.1. The third-order valence-corrected chi connectivity index (χ3v) is 3.11. The predicted molar refractivity (Wildman–Crippen MR) is 78.1 cm³/mol. The number of carboxylic acid groups (broad SMARTS) is 1. The van der Waals surface area contributed by atoms with E-state index in [1.54, 1.807) is 12.1 Å². The second kappa shape index (κ2) is 5.63. The molecule has 104 valence electrons. The van der Waals surface area contributed by atoms with Gasteiger partial charge in [0, 0.05) is 12.0 Å². The minimum atomic E-state index is -1.09. The second-order valence-electron chi connectivity index (χ2n) is 4.62. The van der Waals surface area contributed by atoms with Crippen molar-refractivity contribution >= 4 is 5.97 Å². The minimum absolute atomic E-state index is 0.0490. The molecule has 0 unspecified atom stereocenters. The Morgan fingerprint density at radius 2 is 1.62 bits per heavy atom. The predicted octanol–water partition coefficient (Wildman–Crippen LogP) is 3.63. The van der Waals surface area contributed by atoms with Crippen LogP contribution in [0, 0.1) is 0 Å². The van der Waals surface area contributed by atoms with Crippen molar-refractivity contribution in [2.75, 3.05) is 0 Å². The third-order valence-electron chi connectivity index (χ3n) is 3.11. The molecule has 4 heteroatoms. The third kappa shape index (κ3) is 2.84. The summed E-state index contributed by atoms with van der Waals surface area (Å²) < 4.78 is 5.67. The zero-order valence-electron chi connectivity index (χ0n) is 11.2. The summed E-state index contributed by atoms with van der Waals surface area (Å²) >= 11 is 0. The van der Waals surface area contributed by atoms with Crippen molar-refractivity contribution in [2.45, 2.75) is 6.42 Å². The summed E-state index contributed by atoms with van der Waals surface area (Å²) in [4.78, 5) is 15.5. The Balaban J connectivity index is 1.99. The van der Waals surface area contributed by atoms with Crippen LogP contribution in [0.1, 0.15) is 21.9 Å². The van der Waals surface area contributed by atoms with Crippen molar-refractivity contribution in [2.24, 2.45) is 0 Å². The molecule has 1 aromatic heterocycles. The molecule has 0 atom stereocenters. The number of carboxylic acids is 1. The van der Waals surface area contributed by atoms with Crippen molar-refractivity contribution in [3.63, 3.8) is 0 Å². The van der Waals surface area contributed by atoms with Crippen LogP contribution in [0.5, 0.6) is 0 Å². The number of oxazole rings is 1. The van der Waals surface area contributed by atoms with Crippen molar-refractivity contribution in [3.8, 4) is 11.3 Å². The molecule has 0 aliphatic carbocycles. The summed E-state index contributed by atoms with van der Waals surface area (Å²) in [5, 5.41) is 9.28. The fourth-order valence-corrected chi connectivity index (χ4v) is 2.14. The van der Waals surface area contributed by atoms with Crippen molar-refractivity contribution in [3.05, 3.63) is 77.8 Å². The van der Waals surface area contributed by atoms with Crippen LogP contribution < -0.4 is 0 Å². The summed E-state index contributed by atoms with van der Waals surface area (Å²) in [6.45, 7) is 0. The molecule has 3 aromatic rings. The van der Waals surface area contributed by atoms with E-state index in [-0.39, 0.29) is 5.69 Å². The average Bonchev–Trinajstić information content (AvgIpc) is 2.93. The van der Waals surface area contributed by atoms with E-state index in [0.29, 0.717) is 23.6 Å². The van der Waals surface area contributed by atoms with Gasteiger partial charge in [0.15, 0.2) is 17.3 Å². The Bertz CT molecular complexity index is 748. The lowest BCUT2D eigenvalue weighted by Crippen LogP contribution is -1.99. The Kier molecular flexibility index (Phi) is 3.51. The first-order chi connectivity index (χ1) is 10.2. The van der Waals surface area contributed by atoms with E-state index in [0.717, 1.165) is 5.56 Å². The SMILES string of the molecule is O=C(O)c1nc(Cc2ccccc2)oc1-c1ccccc1. The highest BCUT2D eigenvalue weighted by molar-refractivity contribution is 5.92. The molecule has 0 saturated carbocycles. The molecule has 4 nitrogen and oxygen atoms in total. The number of hydrogen-bond donors (Lipinski definition) is 1. The number of benzene rings is 2. The highest BCUT2D eigenvalue weighted by Crippen LogP contribution is 2.25. The topological polar surface area (TPSA) is 63.3 Å². The quantitative estimate of drug-likeness (QED) is 0.792. The normalized spacial score (nSPS) is 10.5. The van der Waals surface area contributed by atoms with E-state index < -0.39 is 5.97 Å². The Labute approximate surface area is 121 Å². The molecule has 1 heterocycles. The van der Waals surface area contributed by atoms with Gasteiger partial charge in [-0.3, -0.25) is 0 Å². The smallest absolute Gasteiger partial charge is 0.358 e. The van der Waals surface area contributed by atoms with Crippen molar-refractivity contribution in [1.82, 2.24) is 4.98 Å². The first kappa shape index (κ1) is 13.1. The van der Waals surface area contributed by atoms with Crippen LogP contribution in [0.15, 0.2) is 65.1 Å². The van der Waals surface area contributed by atoms with E-state index in [4.69, 9.17) is 4.42 Å². The van der Waals surface area contributed by atoms with Gasteiger partial charge in [-0.15, -0.1) is 0 Å². The van der Waals surface area contributed by atoms with E-state index >= 15 is 0 Å². The Hall–Kier alpha value is -2.88. The molecule has 0 radical (unpaired) electrons. The minimum Gasteiger partial charge on any atom is -0.476 e. The number of hydrogen-bond acceptors (Lipinski definition) is 3. The molecule has 21 heavy (non-hydrogen) atoms. The molecule has 0 spiro atoms. The molecular weight excluding hydrogens is 266 g/mol. The van der Waals surface area contributed by atoms with E-state index in [9.17, 15) is 9.90 Å². The van der Waals surface area contributed by atoms with Crippen LogP contribution >= 0.6 is 0 Å². The summed E-state index contributed by atoms with van der Waals surface area (Å²) in [7, 11) is 0. The zero-order chi connectivity index (χ0) is 14.7. The molecule has 0 bridgehead atoms. The summed E-state index contributed by atoms with van der Waals surface area (Å²) in [6, 6.07) is 18.8. The van der Waals surface area contributed by atoms with Gasteiger partial charge in [-0.25, -0.2) is 9.78 Å². The molecule has 3 rings (SSSR count). The van der Waals surface area contributed by atoms with Gasteiger partial charge in [0.25, 0.3) is 0 Å². The highest BCUT2D eigenvalue weighted by Gasteiger charge is 2.20. The van der Waals surface area contributed by atoms with Gasteiger partial charge < -0.3 is 9.52 Å². The molecule has 0 aliphatic rings. The number of nitrogens with zero attached hydrogens (tertiary/aromatic N) is 1. The standard InChI is InChI=1S/C17H13NO3/c19-17(20)15-16(13-9-5-2-6-10-13)21-14(18-15)11-12-7-3-1-4-8-12/h1-10H,11H2,(H,19,20). The van der Waals surface area contributed by atoms with Gasteiger partial charge in [-0.05, 0) is 5.56 Å². The molecule has 0 fully saturated rings. The van der Waals surface area contributed by atoms with Gasteiger partial charge in [0.2, 0.25) is 0 Å². The Morgan fingerprint density at radius 3 is 2.24 bits per heavy atom. The number of rotatable bonds is 4. The highest BCUT2D eigenvalue weighted by atomic mass is 16.4. The van der Waals surface area contributed by atoms with Gasteiger partial charge in [0.05, 0.1) is 0 Å².